The number of aryl methyl sites for hydroxylation is 2. The van der Waals surface area contributed by atoms with Gasteiger partial charge in [-0.05, 0) is 31.7 Å². The van der Waals surface area contributed by atoms with Gasteiger partial charge in [-0.1, -0.05) is 37.6 Å². The number of fused-ring (bicyclic) bond motifs is 3. The van der Waals surface area contributed by atoms with E-state index in [-0.39, 0.29) is 5.43 Å². The average Bonchev–Trinajstić information content (AvgIpc) is 2.46. The summed E-state index contributed by atoms with van der Waals surface area (Å²) in [5.41, 5.74) is 6.09. The zero-order valence-electron chi connectivity index (χ0n) is 12.3. The third-order valence-electron chi connectivity index (χ3n) is 4.27. The standard InChI is InChI=1S/C18H21NO/c1-3-4-11-19-13(2)12-17(20)16-10-9-14-7-5-6-8-15(14)18(16)19/h5-8,12H,3-4,9-11H2,1-2H3. The van der Waals surface area contributed by atoms with Crippen LogP contribution in [0.25, 0.3) is 11.3 Å². The maximum Gasteiger partial charge on any atom is 0.185 e. The van der Waals surface area contributed by atoms with E-state index in [1.165, 1.54) is 23.2 Å². The molecule has 0 amide bonds. The summed E-state index contributed by atoms with van der Waals surface area (Å²) < 4.78 is 2.35. The van der Waals surface area contributed by atoms with Crippen LogP contribution in [0.3, 0.4) is 0 Å². The second kappa shape index (κ2) is 5.28. The van der Waals surface area contributed by atoms with Crippen LogP contribution in [0, 0.1) is 6.92 Å². The first kappa shape index (κ1) is 13.2. The highest BCUT2D eigenvalue weighted by Gasteiger charge is 2.21. The van der Waals surface area contributed by atoms with E-state index in [2.05, 4.69) is 42.7 Å². The molecule has 0 unspecified atom stereocenters. The normalized spacial score (nSPS) is 12.9. The van der Waals surface area contributed by atoms with Gasteiger partial charge in [0.15, 0.2) is 5.43 Å². The minimum atomic E-state index is 0.208. The number of hydrogen-bond donors (Lipinski definition) is 0. The van der Waals surface area contributed by atoms with Gasteiger partial charge in [0, 0.05) is 29.4 Å². The quantitative estimate of drug-likeness (QED) is 0.830. The molecule has 0 radical (unpaired) electrons. The first-order chi connectivity index (χ1) is 9.72. The Morgan fingerprint density at radius 2 is 2.00 bits per heavy atom. The van der Waals surface area contributed by atoms with Crippen LogP contribution < -0.4 is 5.43 Å². The van der Waals surface area contributed by atoms with Crippen molar-refractivity contribution in [1.82, 2.24) is 4.57 Å². The zero-order chi connectivity index (χ0) is 14.1. The lowest BCUT2D eigenvalue weighted by atomic mass is 9.88. The summed E-state index contributed by atoms with van der Waals surface area (Å²) in [5.74, 6) is 0. The molecule has 0 atom stereocenters. The fourth-order valence-electron chi connectivity index (χ4n) is 3.19. The number of hydrogen-bond acceptors (Lipinski definition) is 1. The molecule has 0 bridgehead atoms. The molecule has 0 saturated carbocycles. The van der Waals surface area contributed by atoms with Crippen LogP contribution >= 0.6 is 0 Å². The Kier molecular flexibility index (Phi) is 3.47. The van der Waals surface area contributed by atoms with Crippen molar-refractivity contribution >= 4 is 0 Å². The summed E-state index contributed by atoms with van der Waals surface area (Å²) in [5, 5.41) is 0. The molecule has 2 aromatic rings. The third-order valence-corrected chi connectivity index (χ3v) is 4.27. The van der Waals surface area contributed by atoms with Crippen molar-refractivity contribution in [3.8, 4) is 11.3 Å². The van der Waals surface area contributed by atoms with Gasteiger partial charge < -0.3 is 4.57 Å². The van der Waals surface area contributed by atoms with E-state index in [4.69, 9.17) is 0 Å². The summed E-state index contributed by atoms with van der Waals surface area (Å²) in [4.78, 5) is 12.3. The van der Waals surface area contributed by atoms with Gasteiger partial charge in [0.2, 0.25) is 0 Å². The molecule has 1 aliphatic rings. The van der Waals surface area contributed by atoms with Crippen LogP contribution in [-0.2, 0) is 19.4 Å². The van der Waals surface area contributed by atoms with Gasteiger partial charge in [-0.3, -0.25) is 4.79 Å². The van der Waals surface area contributed by atoms with E-state index in [0.717, 1.165) is 37.1 Å². The molecule has 0 spiro atoms. The SMILES string of the molecule is CCCCn1c(C)cc(=O)c2c1-c1ccccc1CC2. The molecular formula is C18H21NO. The lowest BCUT2D eigenvalue weighted by molar-refractivity contribution is 0.612. The molecule has 0 saturated heterocycles. The maximum atomic E-state index is 12.3. The van der Waals surface area contributed by atoms with Crippen molar-refractivity contribution in [2.24, 2.45) is 0 Å². The van der Waals surface area contributed by atoms with E-state index < -0.39 is 0 Å². The van der Waals surface area contributed by atoms with Crippen LogP contribution in [0.4, 0.5) is 0 Å². The Labute approximate surface area is 120 Å². The van der Waals surface area contributed by atoms with Crippen LogP contribution in [0.2, 0.25) is 0 Å². The highest BCUT2D eigenvalue weighted by molar-refractivity contribution is 5.70. The minimum absolute atomic E-state index is 0.208. The molecule has 0 aliphatic heterocycles. The number of nitrogens with zero attached hydrogens (tertiary/aromatic N) is 1. The summed E-state index contributed by atoms with van der Waals surface area (Å²) in [6.45, 7) is 5.26. The fourth-order valence-corrected chi connectivity index (χ4v) is 3.19. The lowest BCUT2D eigenvalue weighted by Gasteiger charge is -2.25. The molecular weight excluding hydrogens is 246 g/mol. The molecule has 1 aromatic carbocycles. The van der Waals surface area contributed by atoms with Crippen LogP contribution in [0.5, 0.6) is 0 Å². The van der Waals surface area contributed by atoms with Crippen LogP contribution in [0.15, 0.2) is 35.1 Å². The largest absolute Gasteiger partial charge is 0.344 e. The second-order valence-electron chi connectivity index (χ2n) is 5.64. The van der Waals surface area contributed by atoms with E-state index in [0.29, 0.717) is 0 Å². The topological polar surface area (TPSA) is 22.0 Å². The molecule has 1 heterocycles. The summed E-state index contributed by atoms with van der Waals surface area (Å²) >= 11 is 0. The van der Waals surface area contributed by atoms with Gasteiger partial charge in [0.05, 0.1) is 5.69 Å². The maximum absolute atomic E-state index is 12.3. The van der Waals surface area contributed by atoms with Gasteiger partial charge in [-0.2, -0.15) is 0 Å². The molecule has 3 rings (SSSR count). The Hall–Kier alpha value is -1.83. The summed E-state index contributed by atoms with van der Waals surface area (Å²) in [7, 11) is 0. The lowest BCUT2D eigenvalue weighted by Crippen LogP contribution is -2.22. The molecule has 0 fully saturated rings. The van der Waals surface area contributed by atoms with E-state index in [1.54, 1.807) is 0 Å². The molecule has 1 aromatic heterocycles. The molecule has 2 nitrogen and oxygen atoms in total. The van der Waals surface area contributed by atoms with Gasteiger partial charge in [-0.25, -0.2) is 0 Å². The van der Waals surface area contributed by atoms with E-state index in [9.17, 15) is 4.79 Å². The number of aromatic nitrogens is 1. The molecule has 20 heavy (non-hydrogen) atoms. The monoisotopic (exact) mass is 267 g/mol. The molecule has 1 aliphatic carbocycles. The first-order valence-corrected chi connectivity index (χ1v) is 7.54. The fraction of sp³-hybridized carbons (Fsp3) is 0.389. The average molecular weight is 267 g/mol. The van der Waals surface area contributed by atoms with Crippen molar-refractivity contribution in [3.05, 3.63) is 57.4 Å². The van der Waals surface area contributed by atoms with Gasteiger partial charge in [0.25, 0.3) is 0 Å². The van der Waals surface area contributed by atoms with Crippen LogP contribution in [-0.4, -0.2) is 4.57 Å². The number of pyridine rings is 1. The minimum Gasteiger partial charge on any atom is -0.344 e. The van der Waals surface area contributed by atoms with Crippen molar-refractivity contribution in [2.75, 3.05) is 0 Å². The van der Waals surface area contributed by atoms with Crippen molar-refractivity contribution in [1.29, 1.82) is 0 Å². The smallest absolute Gasteiger partial charge is 0.185 e. The van der Waals surface area contributed by atoms with E-state index >= 15 is 0 Å². The first-order valence-electron chi connectivity index (χ1n) is 7.54. The Bertz CT molecular complexity index is 697. The predicted octanol–water partition coefficient (Wildman–Crippen LogP) is 3.72. The molecule has 104 valence electrons. The molecule has 2 heteroatoms. The summed E-state index contributed by atoms with van der Waals surface area (Å²) in [6, 6.07) is 10.3. The Balaban J connectivity index is 2.26. The zero-order valence-corrected chi connectivity index (χ0v) is 12.3. The number of unbranched alkanes of at least 4 members (excludes halogenated alkanes) is 1. The third kappa shape index (κ3) is 2.09. The highest BCUT2D eigenvalue weighted by atomic mass is 16.1. The van der Waals surface area contributed by atoms with Gasteiger partial charge in [0.1, 0.15) is 0 Å². The van der Waals surface area contributed by atoms with E-state index in [1.807, 2.05) is 6.07 Å². The summed E-state index contributed by atoms with van der Waals surface area (Å²) in [6.07, 6.45) is 4.17. The van der Waals surface area contributed by atoms with Crippen molar-refractivity contribution in [2.45, 2.75) is 46.1 Å². The Morgan fingerprint density at radius 3 is 2.80 bits per heavy atom. The van der Waals surface area contributed by atoms with Gasteiger partial charge >= 0.3 is 0 Å². The second-order valence-corrected chi connectivity index (χ2v) is 5.64. The van der Waals surface area contributed by atoms with Crippen molar-refractivity contribution < 1.29 is 0 Å². The van der Waals surface area contributed by atoms with Crippen molar-refractivity contribution in [3.63, 3.8) is 0 Å². The van der Waals surface area contributed by atoms with Crippen LogP contribution in [0.1, 0.15) is 36.6 Å². The van der Waals surface area contributed by atoms with Gasteiger partial charge in [-0.15, -0.1) is 0 Å². The number of benzene rings is 1. The predicted molar refractivity (Wildman–Crippen MR) is 83.2 cm³/mol. The Morgan fingerprint density at radius 1 is 1.20 bits per heavy atom. The highest BCUT2D eigenvalue weighted by Crippen LogP contribution is 2.32. The number of rotatable bonds is 3. The molecule has 0 N–H and O–H groups in total.